The number of nitrogens with zero attached hydrogens (tertiary/aromatic N) is 3. The molecule has 0 amide bonds. The Labute approximate surface area is 91.3 Å². The molecule has 2 fully saturated rings. The van der Waals surface area contributed by atoms with Crippen molar-refractivity contribution in [2.45, 2.75) is 32.0 Å². The predicted octanol–water partition coefficient (Wildman–Crippen LogP) is 1.66. The van der Waals surface area contributed by atoms with Gasteiger partial charge in [0.05, 0.1) is 11.7 Å². The number of aromatic nitrogens is 1. The van der Waals surface area contributed by atoms with E-state index in [9.17, 15) is 0 Å². The molecular weight excluding hydrogens is 186 g/mol. The van der Waals surface area contributed by atoms with Gasteiger partial charge in [-0.15, -0.1) is 0 Å². The fraction of sp³-hybridized carbons (Fsp3) is 0.667. The van der Waals surface area contributed by atoms with Crippen molar-refractivity contribution in [3.05, 3.63) is 18.3 Å². The summed E-state index contributed by atoms with van der Waals surface area (Å²) in [6.07, 6.45) is 3.98. The molecule has 0 radical (unpaired) electrons. The third-order valence-corrected chi connectivity index (χ3v) is 4.13. The van der Waals surface area contributed by atoms with Crippen molar-refractivity contribution < 1.29 is 0 Å². The van der Waals surface area contributed by atoms with Crippen LogP contribution in [0.5, 0.6) is 0 Å². The van der Waals surface area contributed by atoms with Crippen LogP contribution >= 0.6 is 0 Å². The van der Waals surface area contributed by atoms with Crippen LogP contribution in [-0.2, 0) is 7.05 Å². The van der Waals surface area contributed by atoms with Crippen molar-refractivity contribution >= 4 is 5.82 Å². The van der Waals surface area contributed by atoms with E-state index in [0.29, 0.717) is 11.7 Å². The maximum Gasteiger partial charge on any atom is 0.109 e. The standard InChI is InChI=1S/C12H19N3/c1-10-14-8-6-12(2,9-14)15(10)11-5-4-7-13(11)3/h4-5,7,10H,6,8-9H2,1-3H3/t10-,12?/m0/s1. The maximum atomic E-state index is 2.58. The van der Waals surface area contributed by atoms with E-state index < -0.39 is 0 Å². The lowest BCUT2D eigenvalue weighted by Crippen LogP contribution is -2.50. The van der Waals surface area contributed by atoms with Gasteiger partial charge in [0.25, 0.3) is 0 Å². The molecule has 0 saturated carbocycles. The highest BCUT2D eigenvalue weighted by Crippen LogP contribution is 2.41. The van der Waals surface area contributed by atoms with Crippen LogP contribution in [0.25, 0.3) is 0 Å². The van der Waals surface area contributed by atoms with Gasteiger partial charge in [-0.1, -0.05) is 0 Å². The third-order valence-electron chi connectivity index (χ3n) is 4.13. The first kappa shape index (κ1) is 9.28. The lowest BCUT2D eigenvalue weighted by molar-refractivity contribution is 0.276. The number of hydrogen-bond acceptors (Lipinski definition) is 2. The van der Waals surface area contributed by atoms with Crippen LogP contribution < -0.4 is 4.90 Å². The van der Waals surface area contributed by atoms with Crippen LogP contribution in [0.15, 0.2) is 18.3 Å². The average Bonchev–Trinajstić information content (AvgIpc) is 2.79. The molecule has 3 heterocycles. The SMILES string of the molecule is C[C@H]1N2CCC(C)(C2)N1c1cccn1C. The highest BCUT2D eigenvalue weighted by molar-refractivity contribution is 5.48. The van der Waals surface area contributed by atoms with Crippen LogP contribution in [0.2, 0.25) is 0 Å². The van der Waals surface area contributed by atoms with Gasteiger partial charge in [-0.3, -0.25) is 4.90 Å². The van der Waals surface area contributed by atoms with Gasteiger partial charge in [-0.05, 0) is 32.4 Å². The molecule has 2 aliphatic rings. The summed E-state index contributed by atoms with van der Waals surface area (Å²) in [6.45, 7) is 7.19. The van der Waals surface area contributed by atoms with Crippen molar-refractivity contribution in [3.63, 3.8) is 0 Å². The van der Waals surface area contributed by atoms with Crippen molar-refractivity contribution in [1.82, 2.24) is 9.47 Å². The zero-order valence-corrected chi connectivity index (χ0v) is 9.77. The molecule has 3 rings (SSSR count). The zero-order chi connectivity index (χ0) is 10.6. The maximum absolute atomic E-state index is 2.58. The normalized spacial score (nSPS) is 39.0. The Balaban J connectivity index is 2.03. The van der Waals surface area contributed by atoms with Gasteiger partial charge in [0.2, 0.25) is 0 Å². The summed E-state index contributed by atoms with van der Waals surface area (Å²) in [7, 11) is 2.13. The summed E-state index contributed by atoms with van der Waals surface area (Å²) in [5.41, 5.74) is 0.353. The summed E-state index contributed by atoms with van der Waals surface area (Å²) in [6, 6.07) is 4.36. The van der Waals surface area contributed by atoms with Gasteiger partial charge in [-0.2, -0.15) is 0 Å². The van der Waals surface area contributed by atoms with Crippen molar-refractivity contribution in [1.29, 1.82) is 0 Å². The minimum atomic E-state index is 0.353. The van der Waals surface area contributed by atoms with Crippen LogP contribution in [-0.4, -0.2) is 34.3 Å². The first-order valence-corrected chi connectivity index (χ1v) is 5.76. The molecule has 2 aliphatic heterocycles. The second-order valence-corrected chi connectivity index (χ2v) is 5.20. The molecule has 2 unspecified atom stereocenters. The zero-order valence-electron chi connectivity index (χ0n) is 9.77. The van der Waals surface area contributed by atoms with Crippen LogP contribution in [0.1, 0.15) is 20.3 Å². The van der Waals surface area contributed by atoms with Gasteiger partial charge < -0.3 is 9.47 Å². The topological polar surface area (TPSA) is 11.4 Å². The molecule has 15 heavy (non-hydrogen) atoms. The molecule has 0 aromatic carbocycles. The number of fused-ring (bicyclic) bond motifs is 2. The summed E-state index contributed by atoms with van der Waals surface area (Å²) in [5.74, 6) is 1.35. The third kappa shape index (κ3) is 1.10. The van der Waals surface area contributed by atoms with E-state index in [1.807, 2.05) is 0 Å². The van der Waals surface area contributed by atoms with E-state index >= 15 is 0 Å². The van der Waals surface area contributed by atoms with Crippen molar-refractivity contribution in [2.24, 2.45) is 7.05 Å². The highest BCUT2D eigenvalue weighted by Gasteiger charge is 2.50. The molecule has 0 aliphatic carbocycles. The van der Waals surface area contributed by atoms with Gasteiger partial charge in [0, 0.05) is 26.3 Å². The van der Waals surface area contributed by atoms with Crippen molar-refractivity contribution in [3.8, 4) is 0 Å². The lowest BCUT2D eigenvalue weighted by atomic mass is 9.99. The van der Waals surface area contributed by atoms with Crippen LogP contribution in [0, 0.1) is 0 Å². The van der Waals surface area contributed by atoms with Gasteiger partial charge in [-0.25, -0.2) is 0 Å². The molecule has 3 atom stereocenters. The number of rotatable bonds is 1. The lowest BCUT2D eigenvalue weighted by Gasteiger charge is -2.41. The molecular formula is C12H19N3. The van der Waals surface area contributed by atoms with E-state index in [2.05, 4.69) is 53.6 Å². The Kier molecular flexibility index (Phi) is 1.72. The van der Waals surface area contributed by atoms with E-state index in [-0.39, 0.29) is 0 Å². The second-order valence-electron chi connectivity index (χ2n) is 5.20. The number of aryl methyl sites for hydroxylation is 1. The minimum Gasteiger partial charge on any atom is -0.338 e. The monoisotopic (exact) mass is 205 g/mol. The Morgan fingerprint density at radius 1 is 1.47 bits per heavy atom. The summed E-state index contributed by atoms with van der Waals surface area (Å²) >= 11 is 0. The quantitative estimate of drug-likeness (QED) is 0.690. The molecule has 3 nitrogen and oxygen atoms in total. The Bertz CT molecular complexity index is 384. The van der Waals surface area contributed by atoms with Crippen molar-refractivity contribution in [2.75, 3.05) is 18.0 Å². The Morgan fingerprint density at radius 3 is 2.80 bits per heavy atom. The van der Waals surface area contributed by atoms with E-state index in [1.54, 1.807) is 0 Å². The van der Waals surface area contributed by atoms with Gasteiger partial charge in [0.1, 0.15) is 5.82 Å². The minimum absolute atomic E-state index is 0.353. The molecule has 1 aromatic rings. The average molecular weight is 205 g/mol. The molecule has 82 valence electrons. The molecule has 2 saturated heterocycles. The number of hydrogen-bond donors (Lipinski definition) is 0. The summed E-state index contributed by atoms with van der Waals surface area (Å²) < 4.78 is 2.23. The van der Waals surface area contributed by atoms with E-state index in [0.717, 1.165) is 0 Å². The molecule has 0 spiro atoms. The Morgan fingerprint density at radius 2 is 2.27 bits per heavy atom. The smallest absolute Gasteiger partial charge is 0.109 e. The van der Waals surface area contributed by atoms with Gasteiger partial charge >= 0.3 is 0 Å². The highest BCUT2D eigenvalue weighted by atomic mass is 15.5. The molecule has 0 N–H and O–H groups in total. The Hall–Kier alpha value is -0.960. The summed E-state index contributed by atoms with van der Waals surface area (Å²) in [5, 5.41) is 0. The van der Waals surface area contributed by atoms with Crippen LogP contribution in [0.3, 0.4) is 0 Å². The molecule has 2 bridgehead atoms. The van der Waals surface area contributed by atoms with E-state index in [4.69, 9.17) is 0 Å². The second kappa shape index (κ2) is 2.79. The first-order valence-electron chi connectivity index (χ1n) is 5.76. The van der Waals surface area contributed by atoms with Crippen LogP contribution in [0.4, 0.5) is 5.82 Å². The summed E-state index contributed by atoms with van der Waals surface area (Å²) in [4.78, 5) is 5.16. The van der Waals surface area contributed by atoms with Gasteiger partial charge in [0.15, 0.2) is 0 Å². The fourth-order valence-corrected chi connectivity index (χ4v) is 3.28. The molecule has 3 heteroatoms. The van der Waals surface area contributed by atoms with E-state index in [1.165, 1.54) is 25.3 Å². The number of anilines is 1. The fourth-order valence-electron chi connectivity index (χ4n) is 3.28. The largest absolute Gasteiger partial charge is 0.338 e. The molecule has 1 aromatic heterocycles. The first-order chi connectivity index (χ1) is 7.12. The predicted molar refractivity (Wildman–Crippen MR) is 61.9 cm³/mol.